The number of rotatable bonds is 11. The second-order valence-corrected chi connectivity index (χ2v) is 7.34. The van der Waals surface area contributed by atoms with E-state index in [2.05, 4.69) is 48.7 Å². The van der Waals surface area contributed by atoms with Crippen LogP contribution in [0.5, 0.6) is 0 Å². The van der Waals surface area contributed by atoms with Crippen LogP contribution in [0.1, 0.15) is 50.2 Å². The molecule has 160 valence electrons. The van der Waals surface area contributed by atoms with Crippen molar-refractivity contribution in [3.8, 4) is 0 Å². The van der Waals surface area contributed by atoms with Gasteiger partial charge in [0.25, 0.3) is 0 Å². The molecule has 1 saturated heterocycles. The molecule has 0 aliphatic carbocycles. The maximum Gasteiger partial charge on any atom is 0.191 e. The van der Waals surface area contributed by atoms with Crippen LogP contribution in [-0.4, -0.2) is 45.5 Å². The Hall–Kier alpha value is -0.860. The van der Waals surface area contributed by atoms with Crippen LogP contribution in [0, 0.1) is 12.8 Å². The van der Waals surface area contributed by atoms with E-state index >= 15 is 0 Å². The summed E-state index contributed by atoms with van der Waals surface area (Å²) in [6, 6.07) is 8.57. The number of aryl methyl sites for hydroxylation is 1. The summed E-state index contributed by atoms with van der Waals surface area (Å²) in [7, 11) is 0. The lowest BCUT2D eigenvalue weighted by molar-refractivity contribution is 0.0203. The molecule has 0 bridgehead atoms. The summed E-state index contributed by atoms with van der Waals surface area (Å²) in [4.78, 5) is 4.73. The molecule has 1 aliphatic rings. The molecule has 1 heterocycles. The molecule has 2 N–H and O–H groups in total. The van der Waals surface area contributed by atoms with Gasteiger partial charge >= 0.3 is 0 Å². The van der Waals surface area contributed by atoms with Crippen molar-refractivity contribution in [1.29, 1.82) is 0 Å². The number of hydrogen-bond acceptors (Lipinski definition) is 3. The number of nitrogens with one attached hydrogen (secondary N) is 2. The average molecular weight is 503 g/mol. The van der Waals surface area contributed by atoms with E-state index < -0.39 is 0 Å². The number of benzene rings is 1. The molecular weight excluding hydrogens is 465 g/mol. The summed E-state index contributed by atoms with van der Waals surface area (Å²) in [5, 5.41) is 6.87. The zero-order valence-electron chi connectivity index (χ0n) is 17.5. The van der Waals surface area contributed by atoms with Crippen molar-refractivity contribution in [1.82, 2.24) is 10.6 Å². The highest BCUT2D eigenvalue weighted by molar-refractivity contribution is 14.0. The SMILES string of the molecule is CCCCNC(=NCc1ccc(C)cc1)NCCCOCC1CCOCC1.I. The number of ether oxygens (including phenoxy) is 2. The molecule has 0 amide bonds. The van der Waals surface area contributed by atoms with Crippen molar-refractivity contribution in [2.45, 2.75) is 52.5 Å². The molecule has 0 aromatic heterocycles. The van der Waals surface area contributed by atoms with Crippen molar-refractivity contribution >= 4 is 29.9 Å². The third-order valence-electron chi connectivity index (χ3n) is 4.82. The van der Waals surface area contributed by atoms with E-state index in [1.54, 1.807) is 0 Å². The van der Waals surface area contributed by atoms with E-state index in [1.165, 1.54) is 17.5 Å². The minimum absolute atomic E-state index is 0. The first kappa shape index (κ1) is 25.2. The lowest BCUT2D eigenvalue weighted by atomic mass is 10.0. The highest BCUT2D eigenvalue weighted by atomic mass is 127. The van der Waals surface area contributed by atoms with Gasteiger partial charge < -0.3 is 20.1 Å². The van der Waals surface area contributed by atoms with Crippen LogP contribution in [0.25, 0.3) is 0 Å². The second-order valence-electron chi connectivity index (χ2n) is 7.34. The smallest absolute Gasteiger partial charge is 0.191 e. The summed E-state index contributed by atoms with van der Waals surface area (Å²) in [5.74, 6) is 1.57. The molecule has 28 heavy (non-hydrogen) atoms. The van der Waals surface area contributed by atoms with E-state index in [0.717, 1.165) is 71.2 Å². The Morgan fingerprint density at radius 1 is 1.11 bits per heavy atom. The van der Waals surface area contributed by atoms with Gasteiger partial charge in [0.2, 0.25) is 0 Å². The molecule has 0 radical (unpaired) electrons. The van der Waals surface area contributed by atoms with E-state index in [4.69, 9.17) is 14.5 Å². The van der Waals surface area contributed by atoms with E-state index in [1.807, 2.05) is 0 Å². The minimum Gasteiger partial charge on any atom is -0.381 e. The maximum atomic E-state index is 5.84. The van der Waals surface area contributed by atoms with Crippen molar-refractivity contribution in [3.63, 3.8) is 0 Å². The zero-order valence-corrected chi connectivity index (χ0v) is 19.9. The Labute approximate surface area is 188 Å². The van der Waals surface area contributed by atoms with Gasteiger partial charge in [0.05, 0.1) is 6.54 Å². The average Bonchev–Trinajstić information content (AvgIpc) is 2.70. The van der Waals surface area contributed by atoms with E-state index in [9.17, 15) is 0 Å². The van der Waals surface area contributed by atoms with Gasteiger partial charge in [0.15, 0.2) is 5.96 Å². The van der Waals surface area contributed by atoms with Crippen LogP contribution in [0.4, 0.5) is 0 Å². The molecule has 1 aromatic carbocycles. The summed E-state index contributed by atoms with van der Waals surface area (Å²) in [6.45, 7) is 10.3. The highest BCUT2D eigenvalue weighted by Crippen LogP contribution is 2.14. The fraction of sp³-hybridized carbons (Fsp3) is 0.682. The third-order valence-corrected chi connectivity index (χ3v) is 4.82. The topological polar surface area (TPSA) is 54.9 Å². The van der Waals surface area contributed by atoms with Gasteiger partial charge in [-0.15, -0.1) is 24.0 Å². The Kier molecular flexibility index (Phi) is 14.4. The van der Waals surface area contributed by atoms with Crippen LogP contribution in [0.2, 0.25) is 0 Å². The lowest BCUT2D eigenvalue weighted by Gasteiger charge is -2.21. The molecule has 0 spiro atoms. The first-order chi connectivity index (χ1) is 13.3. The number of halogens is 1. The van der Waals surface area contributed by atoms with Crippen LogP contribution in [0.15, 0.2) is 29.3 Å². The molecule has 1 aliphatic heterocycles. The zero-order chi connectivity index (χ0) is 19.2. The van der Waals surface area contributed by atoms with Crippen molar-refractivity contribution in [2.24, 2.45) is 10.9 Å². The van der Waals surface area contributed by atoms with Crippen LogP contribution in [0.3, 0.4) is 0 Å². The molecule has 0 unspecified atom stereocenters. The van der Waals surface area contributed by atoms with Gasteiger partial charge in [-0.3, -0.25) is 0 Å². The van der Waals surface area contributed by atoms with Gasteiger partial charge in [-0.1, -0.05) is 43.2 Å². The van der Waals surface area contributed by atoms with E-state index in [0.29, 0.717) is 12.5 Å². The van der Waals surface area contributed by atoms with Gasteiger partial charge in [0.1, 0.15) is 0 Å². The summed E-state index contributed by atoms with van der Waals surface area (Å²) in [5.41, 5.74) is 2.51. The molecule has 5 nitrogen and oxygen atoms in total. The quantitative estimate of drug-likeness (QED) is 0.205. The largest absolute Gasteiger partial charge is 0.381 e. The Morgan fingerprint density at radius 3 is 2.46 bits per heavy atom. The molecule has 1 fully saturated rings. The molecule has 0 saturated carbocycles. The first-order valence-corrected chi connectivity index (χ1v) is 10.5. The van der Waals surface area contributed by atoms with Gasteiger partial charge in [-0.25, -0.2) is 4.99 Å². The van der Waals surface area contributed by atoms with Crippen LogP contribution in [-0.2, 0) is 16.0 Å². The molecule has 6 heteroatoms. The van der Waals surface area contributed by atoms with Gasteiger partial charge in [-0.2, -0.15) is 0 Å². The molecule has 1 aromatic rings. The number of aliphatic imine (C=N–C) groups is 1. The fourth-order valence-corrected chi connectivity index (χ4v) is 2.97. The predicted octanol–water partition coefficient (Wildman–Crippen LogP) is 4.28. The van der Waals surface area contributed by atoms with E-state index in [-0.39, 0.29) is 24.0 Å². The molecule has 2 rings (SSSR count). The molecule has 0 atom stereocenters. The lowest BCUT2D eigenvalue weighted by Crippen LogP contribution is -2.38. The Balaban J connectivity index is 0.00000392. The number of nitrogens with zero attached hydrogens (tertiary/aromatic N) is 1. The predicted molar refractivity (Wildman–Crippen MR) is 128 cm³/mol. The van der Waals surface area contributed by atoms with Crippen LogP contribution >= 0.6 is 24.0 Å². The number of hydrogen-bond donors (Lipinski definition) is 2. The Morgan fingerprint density at radius 2 is 1.79 bits per heavy atom. The monoisotopic (exact) mass is 503 g/mol. The van der Waals surface area contributed by atoms with Crippen molar-refractivity contribution < 1.29 is 9.47 Å². The second kappa shape index (κ2) is 16.0. The fourth-order valence-electron chi connectivity index (χ4n) is 2.97. The molecular formula is C22H38IN3O2. The number of unbranched alkanes of at least 4 members (excludes halogenated alkanes) is 1. The van der Waals surface area contributed by atoms with Crippen molar-refractivity contribution in [2.75, 3.05) is 39.5 Å². The van der Waals surface area contributed by atoms with Crippen LogP contribution < -0.4 is 10.6 Å². The summed E-state index contributed by atoms with van der Waals surface area (Å²) < 4.78 is 11.2. The number of guanidine groups is 1. The highest BCUT2D eigenvalue weighted by Gasteiger charge is 2.13. The standard InChI is InChI=1S/C22H37N3O2.HI/c1-3-4-12-23-22(25-17-20-8-6-19(2)7-9-20)24-13-5-14-27-18-21-10-15-26-16-11-21;/h6-9,21H,3-5,10-18H2,1-2H3,(H2,23,24,25);1H. The third kappa shape index (κ3) is 11.2. The summed E-state index contributed by atoms with van der Waals surface area (Å²) in [6.07, 6.45) is 5.59. The first-order valence-electron chi connectivity index (χ1n) is 10.5. The maximum absolute atomic E-state index is 5.84. The normalized spacial score (nSPS) is 15.1. The van der Waals surface area contributed by atoms with Crippen molar-refractivity contribution in [3.05, 3.63) is 35.4 Å². The van der Waals surface area contributed by atoms with Gasteiger partial charge in [0, 0.05) is 39.5 Å². The van der Waals surface area contributed by atoms with Gasteiger partial charge in [-0.05, 0) is 44.1 Å². The summed E-state index contributed by atoms with van der Waals surface area (Å²) >= 11 is 0. The Bertz CT molecular complexity index is 531. The minimum atomic E-state index is 0.